The zero-order valence-electron chi connectivity index (χ0n) is 11.5. The van der Waals surface area contributed by atoms with Crippen LogP contribution in [0.4, 0.5) is 5.69 Å². The first-order chi connectivity index (χ1) is 10.1. The molecule has 2 atom stereocenters. The van der Waals surface area contributed by atoms with Gasteiger partial charge in [0.05, 0.1) is 11.5 Å². The lowest BCUT2D eigenvalue weighted by molar-refractivity contribution is -0.120. The van der Waals surface area contributed by atoms with Crippen LogP contribution in [0.1, 0.15) is 12.0 Å². The molecule has 1 fully saturated rings. The maximum Gasteiger partial charge on any atom is 0.236 e. The van der Waals surface area contributed by atoms with Crippen molar-refractivity contribution in [3.8, 4) is 0 Å². The molecule has 0 radical (unpaired) electrons. The summed E-state index contributed by atoms with van der Waals surface area (Å²) in [5.41, 5.74) is 6.33. The number of carbonyl (C=O) groups excluding carboxylic acids is 2. The van der Waals surface area contributed by atoms with Gasteiger partial charge in [0.1, 0.15) is 0 Å². The van der Waals surface area contributed by atoms with E-state index in [1.165, 1.54) is 0 Å². The third-order valence-corrected chi connectivity index (χ3v) is 4.12. The third kappa shape index (κ3) is 2.25. The van der Waals surface area contributed by atoms with Gasteiger partial charge in [-0.15, -0.1) is 0 Å². The first-order valence-corrected chi connectivity index (χ1v) is 6.90. The van der Waals surface area contributed by atoms with E-state index in [0.717, 1.165) is 11.3 Å². The molecule has 1 saturated heterocycles. The average molecular weight is 283 g/mol. The number of rotatable bonds is 1. The highest BCUT2D eigenvalue weighted by molar-refractivity contribution is 6.07. The van der Waals surface area contributed by atoms with Gasteiger partial charge in [-0.2, -0.15) is 0 Å². The summed E-state index contributed by atoms with van der Waals surface area (Å²) in [5.74, 6) is -0.499. The molecule has 0 bridgehead atoms. The summed E-state index contributed by atoms with van der Waals surface area (Å²) in [6, 6.07) is 14.8. The third-order valence-electron chi connectivity index (χ3n) is 4.12. The summed E-state index contributed by atoms with van der Waals surface area (Å²) in [7, 11) is 0. The van der Waals surface area contributed by atoms with Gasteiger partial charge in [-0.3, -0.25) is 9.59 Å². The smallest absolute Gasteiger partial charge is 0.236 e. The Morgan fingerprint density at radius 1 is 1.14 bits per heavy atom. The number of nitrogens with one attached hydrogen (secondary N) is 2. The summed E-state index contributed by atoms with van der Waals surface area (Å²) in [6.07, 6.45) is 0.394. The van der Waals surface area contributed by atoms with Gasteiger partial charge in [0.25, 0.3) is 0 Å². The van der Waals surface area contributed by atoms with Crippen LogP contribution in [-0.2, 0) is 15.0 Å². The molecule has 1 aromatic rings. The molecule has 2 unspecified atom stereocenters. The van der Waals surface area contributed by atoms with Crippen molar-refractivity contribution in [3.63, 3.8) is 0 Å². The van der Waals surface area contributed by atoms with Gasteiger partial charge >= 0.3 is 0 Å². The van der Waals surface area contributed by atoms with E-state index in [9.17, 15) is 9.59 Å². The summed E-state index contributed by atoms with van der Waals surface area (Å²) in [4.78, 5) is 23.9. The maximum absolute atomic E-state index is 12.5. The lowest BCUT2D eigenvalue weighted by atomic mass is 9.80. The summed E-state index contributed by atoms with van der Waals surface area (Å²) in [5, 5.41) is 5.97. The van der Waals surface area contributed by atoms with Crippen LogP contribution >= 0.6 is 0 Å². The first kappa shape index (κ1) is 13.6. The zero-order valence-corrected chi connectivity index (χ0v) is 11.5. The van der Waals surface area contributed by atoms with E-state index in [-0.39, 0.29) is 5.91 Å². The quantitative estimate of drug-likeness (QED) is 0.714. The van der Waals surface area contributed by atoms with Crippen molar-refractivity contribution in [2.45, 2.75) is 17.9 Å². The van der Waals surface area contributed by atoms with Crippen LogP contribution in [0.5, 0.6) is 0 Å². The number of hydrogen-bond donors (Lipinski definition) is 3. The molecule has 4 N–H and O–H groups in total. The fourth-order valence-electron chi connectivity index (χ4n) is 3.00. The normalized spacial score (nSPS) is 26.1. The molecular weight excluding hydrogens is 266 g/mol. The average Bonchev–Trinajstić information content (AvgIpc) is 3.01. The highest BCUT2D eigenvalue weighted by Gasteiger charge is 2.52. The monoisotopic (exact) mass is 283 g/mol. The highest BCUT2D eigenvalue weighted by atomic mass is 16.2. The first-order valence-electron chi connectivity index (χ1n) is 6.90. The Kier molecular flexibility index (Phi) is 3.35. The molecular formula is C16H17N3O2. The Hall–Kier alpha value is -2.40. The minimum Gasteiger partial charge on any atom is -0.368 e. The zero-order chi connectivity index (χ0) is 14.9. The second-order valence-electron chi connectivity index (χ2n) is 5.39. The van der Waals surface area contributed by atoms with Crippen molar-refractivity contribution in [1.82, 2.24) is 5.32 Å². The molecule has 2 heterocycles. The van der Waals surface area contributed by atoms with E-state index >= 15 is 0 Å². The summed E-state index contributed by atoms with van der Waals surface area (Å²) in [6.45, 7) is 0.420. The van der Waals surface area contributed by atoms with E-state index in [4.69, 9.17) is 5.73 Å². The Balaban J connectivity index is 2.12. The number of anilines is 1. The van der Waals surface area contributed by atoms with E-state index in [0.29, 0.717) is 13.0 Å². The van der Waals surface area contributed by atoms with Crippen molar-refractivity contribution in [2.24, 2.45) is 5.73 Å². The van der Waals surface area contributed by atoms with E-state index in [1.54, 1.807) is 0 Å². The summed E-state index contributed by atoms with van der Waals surface area (Å²) < 4.78 is 0. The van der Waals surface area contributed by atoms with Crippen LogP contribution in [0.25, 0.3) is 0 Å². The number of fused-ring (bicyclic) bond motifs is 2. The molecule has 5 nitrogen and oxygen atoms in total. The molecule has 0 saturated carbocycles. The molecule has 21 heavy (non-hydrogen) atoms. The van der Waals surface area contributed by atoms with Gasteiger partial charge in [-0.05, 0) is 18.1 Å². The summed E-state index contributed by atoms with van der Waals surface area (Å²) >= 11 is 0. The Morgan fingerprint density at radius 3 is 2.48 bits per heavy atom. The second kappa shape index (κ2) is 5.18. The van der Waals surface area contributed by atoms with Crippen LogP contribution in [0.15, 0.2) is 48.5 Å². The second-order valence-corrected chi connectivity index (χ2v) is 5.39. The maximum atomic E-state index is 12.5. The fraction of sp³-hybridized carbons (Fsp3) is 0.250. The molecule has 2 amide bonds. The molecule has 0 aliphatic carbocycles. The minimum atomic E-state index is -0.716. The Morgan fingerprint density at radius 2 is 1.81 bits per heavy atom. The van der Waals surface area contributed by atoms with Gasteiger partial charge in [-0.1, -0.05) is 42.5 Å². The van der Waals surface area contributed by atoms with Crippen LogP contribution in [0.2, 0.25) is 0 Å². The Labute approximate surface area is 122 Å². The molecule has 0 aromatic heterocycles. The van der Waals surface area contributed by atoms with E-state index < -0.39 is 17.4 Å². The minimum absolute atomic E-state index is 0.0785. The lowest BCUT2D eigenvalue weighted by Crippen LogP contribution is -2.36. The molecule has 2 aliphatic rings. The van der Waals surface area contributed by atoms with Crippen molar-refractivity contribution >= 4 is 17.5 Å². The van der Waals surface area contributed by atoms with Crippen LogP contribution in [0, 0.1) is 0 Å². The standard InChI is InChI=1S/C16H17N3O2/c17-14(20)13-9-16(10-18-13)11-7-5-3-1-2-4-6-8-12(11)19-15(16)21/h1-8,13,18H,9-10H2,(H2,17,20)(H,19,21). The van der Waals surface area contributed by atoms with Crippen molar-refractivity contribution in [2.75, 3.05) is 11.9 Å². The van der Waals surface area contributed by atoms with Crippen LogP contribution < -0.4 is 16.4 Å². The number of amides is 2. The van der Waals surface area contributed by atoms with Gasteiger partial charge in [0.15, 0.2) is 0 Å². The van der Waals surface area contributed by atoms with E-state index in [1.807, 2.05) is 48.5 Å². The SMILES string of the molecule is NC(=O)C1CC2(CN1)C(=O)Nc1ccccccccc12. The molecule has 108 valence electrons. The topological polar surface area (TPSA) is 84.2 Å². The molecule has 5 heteroatoms. The predicted molar refractivity (Wildman–Crippen MR) is 80.0 cm³/mol. The lowest BCUT2D eigenvalue weighted by Gasteiger charge is -2.19. The van der Waals surface area contributed by atoms with Crippen LogP contribution in [-0.4, -0.2) is 24.4 Å². The molecule has 3 rings (SSSR count). The number of primary amides is 1. The van der Waals surface area contributed by atoms with Gasteiger partial charge in [0, 0.05) is 12.2 Å². The molecule has 2 aliphatic heterocycles. The largest absolute Gasteiger partial charge is 0.368 e. The number of carbonyl (C=O) groups is 2. The van der Waals surface area contributed by atoms with Crippen molar-refractivity contribution < 1.29 is 9.59 Å². The molecule has 1 aromatic carbocycles. The molecule has 1 spiro atoms. The highest BCUT2D eigenvalue weighted by Crippen LogP contribution is 2.42. The van der Waals surface area contributed by atoms with Crippen molar-refractivity contribution in [1.29, 1.82) is 0 Å². The van der Waals surface area contributed by atoms with E-state index in [2.05, 4.69) is 10.6 Å². The number of hydrogen-bond acceptors (Lipinski definition) is 3. The van der Waals surface area contributed by atoms with Gasteiger partial charge < -0.3 is 16.4 Å². The van der Waals surface area contributed by atoms with Gasteiger partial charge in [-0.25, -0.2) is 0 Å². The van der Waals surface area contributed by atoms with Crippen LogP contribution in [0.3, 0.4) is 0 Å². The predicted octanol–water partition coefficient (Wildman–Crippen LogP) is 0.848. The van der Waals surface area contributed by atoms with Gasteiger partial charge in [0.2, 0.25) is 11.8 Å². The van der Waals surface area contributed by atoms with Crippen molar-refractivity contribution in [3.05, 3.63) is 54.1 Å². The number of nitrogens with two attached hydrogens (primary N) is 1. The Bertz CT molecular complexity index is 658. The fourth-order valence-corrected chi connectivity index (χ4v) is 3.00.